The number of nitrogens with one attached hydrogen (secondary N) is 1. The van der Waals surface area contributed by atoms with Gasteiger partial charge in [-0.2, -0.15) is 0 Å². The van der Waals surface area contributed by atoms with Crippen molar-refractivity contribution in [1.82, 2.24) is 10.2 Å². The molecule has 0 aliphatic carbocycles. The van der Waals surface area contributed by atoms with E-state index in [9.17, 15) is 0 Å². The minimum atomic E-state index is 0.535. The van der Waals surface area contributed by atoms with Gasteiger partial charge in [0.1, 0.15) is 0 Å². The molecule has 0 aromatic carbocycles. The highest BCUT2D eigenvalue weighted by atomic mass is 16.5. The summed E-state index contributed by atoms with van der Waals surface area (Å²) >= 11 is 0. The Kier molecular flexibility index (Phi) is 12.7. The Hall–Kier alpha value is -0.160. The van der Waals surface area contributed by atoms with Crippen LogP contribution < -0.4 is 5.32 Å². The molecule has 0 radical (unpaired) electrons. The summed E-state index contributed by atoms with van der Waals surface area (Å²) in [7, 11) is 0. The smallest absolute Gasteiger partial charge is 0.0593 e. The Morgan fingerprint density at radius 2 is 1.47 bits per heavy atom. The Morgan fingerprint density at radius 3 is 1.84 bits per heavy atom. The first-order valence-corrected chi connectivity index (χ1v) is 7.76. The van der Waals surface area contributed by atoms with E-state index in [2.05, 4.69) is 31.0 Å². The van der Waals surface area contributed by atoms with Crippen LogP contribution in [0.5, 0.6) is 0 Å². The molecule has 116 valence electrons. The highest BCUT2D eigenvalue weighted by Gasteiger charge is 2.16. The first kappa shape index (κ1) is 18.8. The van der Waals surface area contributed by atoms with Crippen molar-refractivity contribution in [2.24, 2.45) is 5.92 Å². The lowest BCUT2D eigenvalue weighted by atomic mass is 10.0. The normalized spacial score (nSPS) is 13.4. The number of likely N-dealkylation sites (N-methyl/N-ethyl adjacent to an activating group) is 1. The zero-order valence-corrected chi connectivity index (χ0v) is 13.6. The number of hydrogen-bond acceptors (Lipinski definition) is 4. The molecule has 4 heteroatoms. The van der Waals surface area contributed by atoms with Gasteiger partial charge in [0, 0.05) is 38.9 Å². The van der Waals surface area contributed by atoms with Gasteiger partial charge in [-0.3, -0.25) is 4.90 Å². The van der Waals surface area contributed by atoms with Crippen LogP contribution >= 0.6 is 0 Å². The number of hydrogen-bond donors (Lipinski definition) is 1. The van der Waals surface area contributed by atoms with Crippen molar-refractivity contribution in [2.75, 3.05) is 52.6 Å². The maximum absolute atomic E-state index is 5.47. The van der Waals surface area contributed by atoms with E-state index in [1.54, 1.807) is 0 Å². The van der Waals surface area contributed by atoms with Crippen molar-refractivity contribution in [1.29, 1.82) is 0 Å². The average Bonchev–Trinajstić information content (AvgIpc) is 2.38. The van der Waals surface area contributed by atoms with Crippen LogP contribution in [0, 0.1) is 5.92 Å². The average molecular weight is 274 g/mol. The second-order valence-corrected chi connectivity index (χ2v) is 5.10. The third-order valence-electron chi connectivity index (χ3n) is 3.24. The van der Waals surface area contributed by atoms with E-state index in [0.717, 1.165) is 52.6 Å². The second kappa shape index (κ2) is 12.9. The van der Waals surface area contributed by atoms with Gasteiger partial charge in [0.25, 0.3) is 0 Å². The third-order valence-corrected chi connectivity index (χ3v) is 3.24. The highest BCUT2D eigenvalue weighted by molar-refractivity contribution is 4.75. The predicted molar refractivity (Wildman–Crippen MR) is 81.7 cm³/mol. The lowest BCUT2D eigenvalue weighted by Crippen LogP contribution is -2.46. The summed E-state index contributed by atoms with van der Waals surface area (Å²) in [6.07, 6.45) is 0. The molecule has 0 spiro atoms. The molecule has 0 aromatic rings. The Bertz CT molecular complexity index is 179. The molecule has 0 aromatic heterocycles. The molecule has 0 fully saturated rings. The molecule has 0 bridgehead atoms. The first-order valence-electron chi connectivity index (χ1n) is 7.76. The fraction of sp³-hybridized carbons (Fsp3) is 1.00. The standard InChI is InChI=1S/C15H34N2O2/c1-6-16-15(14(4)5)13-17(9-11-18-7-2)10-12-19-8-3/h14-16H,6-13H2,1-5H3. The Balaban J connectivity index is 4.18. The van der Waals surface area contributed by atoms with E-state index in [4.69, 9.17) is 9.47 Å². The van der Waals surface area contributed by atoms with E-state index in [0.29, 0.717) is 12.0 Å². The zero-order chi connectivity index (χ0) is 14.5. The molecular weight excluding hydrogens is 240 g/mol. The van der Waals surface area contributed by atoms with Crippen LogP contribution in [0.3, 0.4) is 0 Å². The van der Waals surface area contributed by atoms with Crippen LogP contribution in [-0.4, -0.2) is 63.5 Å². The molecule has 4 nitrogen and oxygen atoms in total. The molecule has 0 aliphatic rings. The molecule has 0 amide bonds. The van der Waals surface area contributed by atoms with Gasteiger partial charge in [-0.15, -0.1) is 0 Å². The van der Waals surface area contributed by atoms with Crippen molar-refractivity contribution in [3.05, 3.63) is 0 Å². The van der Waals surface area contributed by atoms with Crippen LogP contribution in [0.15, 0.2) is 0 Å². The number of ether oxygens (including phenoxy) is 2. The Morgan fingerprint density at radius 1 is 0.947 bits per heavy atom. The second-order valence-electron chi connectivity index (χ2n) is 5.10. The molecule has 1 N–H and O–H groups in total. The van der Waals surface area contributed by atoms with E-state index in [1.807, 2.05) is 13.8 Å². The molecule has 0 saturated carbocycles. The largest absolute Gasteiger partial charge is 0.380 e. The van der Waals surface area contributed by atoms with Gasteiger partial charge in [-0.25, -0.2) is 0 Å². The number of rotatable bonds is 13. The summed E-state index contributed by atoms with van der Waals surface area (Å²) < 4.78 is 10.9. The summed E-state index contributed by atoms with van der Waals surface area (Å²) in [6.45, 7) is 18.0. The van der Waals surface area contributed by atoms with Crippen LogP contribution in [-0.2, 0) is 9.47 Å². The molecule has 1 unspecified atom stereocenters. The van der Waals surface area contributed by atoms with E-state index in [-0.39, 0.29) is 0 Å². The first-order chi connectivity index (χ1) is 9.15. The maximum atomic E-state index is 5.47. The zero-order valence-electron chi connectivity index (χ0n) is 13.6. The van der Waals surface area contributed by atoms with Crippen LogP contribution in [0.2, 0.25) is 0 Å². The highest BCUT2D eigenvalue weighted by Crippen LogP contribution is 2.04. The summed E-state index contributed by atoms with van der Waals surface area (Å²) in [5.41, 5.74) is 0. The lowest BCUT2D eigenvalue weighted by molar-refractivity contribution is 0.0756. The van der Waals surface area contributed by atoms with Gasteiger partial charge in [-0.1, -0.05) is 20.8 Å². The van der Waals surface area contributed by atoms with Crippen molar-refractivity contribution in [3.63, 3.8) is 0 Å². The number of nitrogens with zero attached hydrogens (tertiary/aromatic N) is 1. The van der Waals surface area contributed by atoms with E-state index in [1.165, 1.54) is 0 Å². The minimum Gasteiger partial charge on any atom is -0.380 e. The topological polar surface area (TPSA) is 33.7 Å². The minimum absolute atomic E-state index is 0.535. The van der Waals surface area contributed by atoms with Crippen LogP contribution in [0.4, 0.5) is 0 Å². The fourth-order valence-corrected chi connectivity index (χ4v) is 2.02. The molecular formula is C15H34N2O2. The summed E-state index contributed by atoms with van der Waals surface area (Å²) in [4.78, 5) is 2.44. The van der Waals surface area contributed by atoms with Crippen LogP contribution in [0.1, 0.15) is 34.6 Å². The van der Waals surface area contributed by atoms with Gasteiger partial charge in [-0.05, 0) is 26.3 Å². The van der Waals surface area contributed by atoms with Gasteiger partial charge in [0.15, 0.2) is 0 Å². The monoisotopic (exact) mass is 274 g/mol. The summed E-state index contributed by atoms with van der Waals surface area (Å²) in [5, 5.41) is 3.57. The van der Waals surface area contributed by atoms with Crippen molar-refractivity contribution < 1.29 is 9.47 Å². The summed E-state index contributed by atoms with van der Waals surface area (Å²) in [6, 6.07) is 0.535. The SMILES string of the molecule is CCNC(CN(CCOCC)CCOCC)C(C)C. The van der Waals surface area contributed by atoms with E-state index < -0.39 is 0 Å². The van der Waals surface area contributed by atoms with Gasteiger partial charge >= 0.3 is 0 Å². The molecule has 19 heavy (non-hydrogen) atoms. The molecule has 1 atom stereocenters. The van der Waals surface area contributed by atoms with Gasteiger partial charge in [0.2, 0.25) is 0 Å². The molecule has 0 aliphatic heterocycles. The maximum Gasteiger partial charge on any atom is 0.0593 e. The van der Waals surface area contributed by atoms with Crippen LogP contribution in [0.25, 0.3) is 0 Å². The van der Waals surface area contributed by atoms with Gasteiger partial charge < -0.3 is 14.8 Å². The molecule has 0 rings (SSSR count). The predicted octanol–water partition coefficient (Wildman–Crippen LogP) is 2.00. The lowest BCUT2D eigenvalue weighted by Gasteiger charge is -2.30. The van der Waals surface area contributed by atoms with Gasteiger partial charge in [0.05, 0.1) is 13.2 Å². The Labute approximate surface area is 119 Å². The van der Waals surface area contributed by atoms with Crippen molar-refractivity contribution in [3.8, 4) is 0 Å². The fourth-order valence-electron chi connectivity index (χ4n) is 2.02. The quantitative estimate of drug-likeness (QED) is 0.521. The summed E-state index contributed by atoms with van der Waals surface area (Å²) in [5.74, 6) is 0.640. The molecule has 0 heterocycles. The van der Waals surface area contributed by atoms with Crippen molar-refractivity contribution in [2.45, 2.75) is 40.7 Å². The van der Waals surface area contributed by atoms with Crippen molar-refractivity contribution >= 4 is 0 Å². The van der Waals surface area contributed by atoms with E-state index >= 15 is 0 Å². The third kappa shape index (κ3) is 10.3. The molecule has 0 saturated heterocycles.